The first-order valence-corrected chi connectivity index (χ1v) is 10.8. The fourth-order valence-electron chi connectivity index (χ4n) is 4.94. The van der Waals surface area contributed by atoms with Crippen LogP contribution in [0.1, 0.15) is 60.6 Å². The summed E-state index contributed by atoms with van der Waals surface area (Å²) in [4.78, 5) is 20.3. The van der Waals surface area contributed by atoms with Crippen LogP contribution >= 0.6 is 0 Å². The Morgan fingerprint density at radius 1 is 1.07 bits per heavy atom. The highest BCUT2D eigenvalue weighted by molar-refractivity contribution is 5.89. The van der Waals surface area contributed by atoms with Crippen molar-refractivity contribution in [3.8, 4) is 0 Å². The summed E-state index contributed by atoms with van der Waals surface area (Å²) in [7, 11) is 0. The molecule has 0 bridgehead atoms. The smallest absolute Gasteiger partial charge is 0.233 e. The third-order valence-electron chi connectivity index (χ3n) is 6.98. The van der Waals surface area contributed by atoms with Crippen molar-refractivity contribution in [1.29, 1.82) is 0 Å². The molecule has 2 aliphatic rings. The quantitative estimate of drug-likeness (QED) is 0.614. The van der Waals surface area contributed by atoms with E-state index in [9.17, 15) is 4.79 Å². The molecule has 1 aliphatic heterocycles. The normalized spacial score (nSPS) is 19.3. The molecule has 5 rings (SSSR count). The zero-order chi connectivity index (χ0) is 20.0. The van der Waals surface area contributed by atoms with Gasteiger partial charge in [-0.2, -0.15) is 0 Å². The fraction of sp³-hybridized carbons (Fsp3) is 0.440. The molecule has 0 spiro atoms. The van der Waals surface area contributed by atoms with Crippen LogP contribution < -0.4 is 0 Å². The van der Waals surface area contributed by atoms with Crippen LogP contribution in [0, 0.1) is 13.8 Å². The van der Waals surface area contributed by atoms with Gasteiger partial charge < -0.3 is 9.32 Å². The molecule has 4 nitrogen and oxygen atoms in total. The molecular weight excluding hydrogens is 360 g/mol. The number of rotatable bonds is 3. The van der Waals surface area contributed by atoms with E-state index in [1.54, 1.807) is 0 Å². The average molecular weight is 389 g/mol. The number of fused-ring (bicyclic) bond motifs is 1. The SMILES string of the molecule is Cc1ccc(C2(C(=O)N3CCC(c4nc5cccc(C)c5o4)CC3)CCC2)cc1. The second-order valence-electron chi connectivity index (χ2n) is 8.84. The molecule has 3 aromatic rings. The van der Waals surface area contributed by atoms with Gasteiger partial charge in [0.05, 0.1) is 5.41 Å². The number of hydrogen-bond donors (Lipinski definition) is 0. The molecule has 0 unspecified atom stereocenters. The predicted octanol–water partition coefficient (Wildman–Crippen LogP) is 5.27. The number of benzene rings is 2. The Hall–Kier alpha value is -2.62. The molecule has 150 valence electrons. The van der Waals surface area contributed by atoms with Gasteiger partial charge in [0.2, 0.25) is 5.91 Å². The van der Waals surface area contributed by atoms with Crippen molar-refractivity contribution in [2.45, 2.75) is 57.3 Å². The lowest BCUT2D eigenvalue weighted by molar-refractivity contribution is -0.142. The van der Waals surface area contributed by atoms with Gasteiger partial charge in [-0.15, -0.1) is 0 Å². The summed E-state index contributed by atoms with van der Waals surface area (Å²) in [6, 6.07) is 14.7. The summed E-state index contributed by atoms with van der Waals surface area (Å²) >= 11 is 0. The first-order chi connectivity index (χ1) is 14.1. The molecule has 2 fully saturated rings. The zero-order valence-electron chi connectivity index (χ0n) is 17.3. The minimum atomic E-state index is -0.296. The van der Waals surface area contributed by atoms with Crippen molar-refractivity contribution in [1.82, 2.24) is 9.88 Å². The molecule has 0 atom stereocenters. The molecular formula is C25H28N2O2. The molecule has 29 heavy (non-hydrogen) atoms. The molecule has 1 aliphatic carbocycles. The Kier molecular flexibility index (Phi) is 4.45. The summed E-state index contributed by atoms with van der Waals surface area (Å²) in [5, 5.41) is 0. The lowest BCUT2D eigenvalue weighted by atomic mass is 9.63. The highest BCUT2D eigenvalue weighted by atomic mass is 16.3. The topological polar surface area (TPSA) is 46.3 Å². The maximum absolute atomic E-state index is 13.5. The number of amides is 1. The van der Waals surface area contributed by atoms with Gasteiger partial charge in [0.15, 0.2) is 11.5 Å². The van der Waals surface area contributed by atoms with E-state index in [1.165, 1.54) is 11.1 Å². The Labute approximate surface area is 171 Å². The summed E-state index contributed by atoms with van der Waals surface area (Å²) in [6.45, 7) is 5.72. The van der Waals surface area contributed by atoms with Gasteiger partial charge in [0, 0.05) is 19.0 Å². The number of hydrogen-bond acceptors (Lipinski definition) is 3. The van der Waals surface area contributed by atoms with Crippen LogP contribution in [-0.4, -0.2) is 28.9 Å². The number of para-hydroxylation sites is 1. The summed E-state index contributed by atoms with van der Waals surface area (Å²) in [5.41, 5.74) is 5.09. The second-order valence-corrected chi connectivity index (χ2v) is 8.84. The molecule has 1 saturated heterocycles. The third-order valence-corrected chi connectivity index (χ3v) is 6.98. The van der Waals surface area contributed by atoms with Crippen molar-refractivity contribution in [2.24, 2.45) is 0 Å². The molecule has 1 amide bonds. The monoisotopic (exact) mass is 388 g/mol. The van der Waals surface area contributed by atoms with Gasteiger partial charge >= 0.3 is 0 Å². The predicted molar refractivity (Wildman–Crippen MR) is 114 cm³/mol. The van der Waals surface area contributed by atoms with Crippen molar-refractivity contribution in [3.63, 3.8) is 0 Å². The van der Waals surface area contributed by atoms with Crippen LogP contribution in [0.3, 0.4) is 0 Å². The number of nitrogens with zero attached hydrogens (tertiary/aromatic N) is 2. The van der Waals surface area contributed by atoms with Crippen LogP contribution in [0.25, 0.3) is 11.1 Å². The van der Waals surface area contributed by atoms with Crippen LogP contribution in [0.4, 0.5) is 0 Å². The van der Waals surface area contributed by atoms with Crippen LogP contribution in [-0.2, 0) is 10.2 Å². The number of piperidine rings is 1. The van der Waals surface area contributed by atoms with Gasteiger partial charge in [-0.3, -0.25) is 4.79 Å². The summed E-state index contributed by atoms with van der Waals surface area (Å²) in [6.07, 6.45) is 4.92. The Balaban J connectivity index is 1.31. The van der Waals surface area contributed by atoms with Crippen molar-refractivity contribution in [2.75, 3.05) is 13.1 Å². The van der Waals surface area contributed by atoms with Crippen LogP contribution in [0.2, 0.25) is 0 Å². The van der Waals surface area contributed by atoms with E-state index >= 15 is 0 Å². The highest BCUT2D eigenvalue weighted by Gasteiger charge is 2.48. The average Bonchev–Trinajstić information content (AvgIpc) is 3.14. The summed E-state index contributed by atoms with van der Waals surface area (Å²) < 4.78 is 6.10. The molecule has 4 heteroatoms. The number of aromatic nitrogens is 1. The van der Waals surface area contributed by atoms with E-state index < -0.39 is 0 Å². The Morgan fingerprint density at radius 3 is 2.41 bits per heavy atom. The van der Waals surface area contributed by atoms with E-state index in [4.69, 9.17) is 9.40 Å². The molecule has 0 radical (unpaired) electrons. The Bertz CT molecular complexity index is 1040. The van der Waals surface area contributed by atoms with E-state index in [-0.39, 0.29) is 5.41 Å². The maximum Gasteiger partial charge on any atom is 0.233 e. The maximum atomic E-state index is 13.5. The molecule has 1 aromatic heterocycles. The lowest BCUT2D eigenvalue weighted by Gasteiger charge is -2.45. The number of carbonyl (C=O) groups is 1. The fourth-order valence-corrected chi connectivity index (χ4v) is 4.94. The second kappa shape index (κ2) is 7.01. The largest absolute Gasteiger partial charge is 0.440 e. The van der Waals surface area contributed by atoms with E-state index in [1.807, 2.05) is 12.1 Å². The van der Waals surface area contributed by atoms with Gasteiger partial charge in [-0.05, 0) is 56.7 Å². The minimum Gasteiger partial charge on any atom is -0.440 e. The van der Waals surface area contributed by atoms with E-state index in [2.05, 4.69) is 49.1 Å². The number of oxazole rings is 1. The van der Waals surface area contributed by atoms with E-state index in [0.717, 1.165) is 67.7 Å². The standard InChI is InChI=1S/C25H28N2O2/c1-17-7-9-20(10-8-17)25(13-4-14-25)24(28)27-15-11-19(12-16-27)23-26-21-6-3-5-18(2)22(21)29-23/h3,5-10,19H,4,11-16H2,1-2H3. The van der Waals surface area contributed by atoms with Crippen LogP contribution in [0.5, 0.6) is 0 Å². The van der Waals surface area contributed by atoms with Gasteiger partial charge in [0.25, 0.3) is 0 Å². The highest BCUT2D eigenvalue weighted by Crippen LogP contribution is 2.46. The number of aryl methyl sites for hydroxylation is 2. The first kappa shape index (κ1) is 18.4. The number of likely N-dealkylation sites (tertiary alicyclic amines) is 1. The zero-order valence-corrected chi connectivity index (χ0v) is 17.3. The van der Waals surface area contributed by atoms with Crippen molar-refractivity contribution in [3.05, 3.63) is 65.0 Å². The van der Waals surface area contributed by atoms with Gasteiger partial charge in [0.1, 0.15) is 5.52 Å². The molecule has 2 heterocycles. The summed E-state index contributed by atoms with van der Waals surface area (Å²) in [5.74, 6) is 1.44. The van der Waals surface area contributed by atoms with Crippen molar-refractivity contribution < 1.29 is 9.21 Å². The van der Waals surface area contributed by atoms with Gasteiger partial charge in [-0.1, -0.05) is 48.4 Å². The van der Waals surface area contributed by atoms with Crippen molar-refractivity contribution >= 4 is 17.0 Å². The Morgan fingerprint density at radius 2 is 1.79 bits per heavy atom. The lowest BCUT2D eigenvalue weighted by Crippen LogP contribution is -2.52. The minimum absolute atomic E-state index is 0.294. The first-order valence-electron chi connectivity index (χ1n) is 10.8. The molecule has 1 saturated carbocycles. The van der Waals surface area contributed by atoms with Gasteiger partial charge in [-0.25, -0.2) is 4.98 Å². The van der Waals surface area contributed by atoms with Crippen LogP contribution in [0.15, 0.2) is 46.9 Å². The number of carbonyl (C=O) groups excluding carboxylic acids is 1. The third kappa shape index (κ3) is 3.06. The molecule has 2 aromatic carbocycles. The molecule has 0 N–H and O–H groups in total. The van der Waals surface area contributed by atoms with E-state index in [0.29, 0.717) is 11.8 Å².